The molecule has 3 N–H and O–H groups in total. The molecule has 0 aliphatic rings. The molecule has 0 spiro atoms. The monoisotopic (exact) mass is 248 g/mol. The van der Waals surface area contributed by atoms with Gasteiger partial charge in [0, 0.05) is 18.7 Å². The number of hydrogen-bond acceptors (Lipinski definition) is 5. The predicted octanol–water partition coefficient (Wildman–Crippen LogP) is 2.04. The molecule has 0 aliphatic carbocycles. The third kappa shape index (κ3) is 3.51. The van der Waals surface area contributed by atoms with Crippen molar-refractivity contribution in [2.75, 3.05) is 5.32 Å². The van der Waals surface area contributed by atoms with Gasteiger partial charge in [0.05, 0.1) is 5.69 Å². The van der Waals surface area contributed by atoms with Crippen LogP contribution in [-0.2, 0) is 13.0 Å². The molecule has 0 aliphatic heterocycles. The fraction of sp³-hybridized carbons (Fsp3) is 0.333. The Labute approximate surface area is 105 Å². The van der Waals surface area contributed by atoms with Gasteiger partial charge in [-0.1, -0.05) is 0 Å². The highest BCUT2D eigenvalue weighted by atomic mass is 32.1. The van der Waals surface area contributed by atoms with Crippen LogP contribution in [0.15, 0.2) is 29.2 Å². The summed E-state index contributed by atoms with van der Waals surface area (Å²) in [5.74, 6) is 0.836. The normalized spacial score (nSPS) is 12.4. The van der Waals surface area contributed by atoms with E-state index in [9.17, 15) is 0 Å². The molecule has 0 bridgehead atoms. The van der Waals surface area contributed by atoms with E-state index in [2.05, 4.69) is 39.0 Å². The molecule has 4 nitrogen and oxygen atoms in total. The van der Waals surface area contributed by atoms with Gasteiger partial charge >= 0.3 is 0 Å². The van der Waals surface area contributed by atoms with E-state index in [4.69, 9.17) is 5.73 Å². The first-order chi connectivity index (χ1) is 8.28. The zero-order chi connectivity index (χ0) is 12.1. The zero-order valence-electron chi connectivity index (χ0n) is 9.76. The highest BCUT2D eigenvalue weighted by molar-refractivity contribution is 7.07. The Hall–Kier alpha value is -1.46. The Bertz CT molecular complexity index is 455. The van der Waals surface area contributed by atoms with Crippen molar-refractivity contribution < 1.29 is 0 Å². The van der Waals surface area contributed by atoms with Crippen molar-refractivity contribution in [1.29, 1.82) is 0 Å². The van der Waals surface area contributed by atoms with Crippen molar-refractivity contribution in [2.24, 2.45) is 5.73 Å². The van der Waals surface area contributed by atoms with Gasteiger partial charge in [0.15, 0.2) is 0 Å². The molecule has 1 unspecified atom stereocenters. The standard InChI is InChI=1S/C12H16N4S/c1-9(4-10-2-3-17-7-10)16-12-5-11(6-13)14-8-15-12/h2-3,5,7-9H,4,6,13H2,1H3,(H,14,15,16). The lowest BCUT2D eigenvalue weighted by molar-refractivity contribution is 0.784. The number of hydrogen-bond donors (Lipinski definition) is 2. The number of nitrogens with two attached hydrogens (primary N) is 1. The van der Waals surface area contributed by atoms with E-state index in [1.165, 1.54) is 5.56 Å². The van der Waals surface area contributed by atoms with Gasteiger partial charge in [-0.2, -0.15) is 11.3 Å². The number of aromatic nitrogens is 2. The Morgan fingerprint density at radius 1 is 1.47 bits per heavy atom. The fourth-order valence-corrected chi connectivity index (χ4v) is 2.34. The Morgan fingerprint density at radius 3 is 3.06 bits per heavy atom. The zero-order valence-corrected chi connectivity index (χ0v) is 10.6. The summed E-state index contributed by atoms with van der Waals surface area (Å²) in [4.78, 5) is 8.25. The van der Waals surface area contributed by atoms with E-state index in [0.29, 0.717) is 12.6 Å². The van der Waals surface area contributed by atoms with Crippen molar-refractivity contribution in [3.63, 3.8) is 0 Å². The SMILES string of the molecule is CC(Cc1ccsc1)Nc1cc(CN)ncn1. The molecule has 2 aromatic heterocycles. The second-order valence-electron chi connectivity index (χ2n) is 3.98. The molecule has 1 atom stereocenters. The molecule has 2 aromatic rings. The van der Waals surface area contributed by atoms with Crippen LogP contribution >= 0.6 is 11.3 Å². The lowest BCUT2D eigenvalue weighted by Crippen LogP contribution is -2.19. The molecule has 0 aromatic carbocycles. The van der Waals surface area contributed by atoms with Gasteiger partial charge in [0.1, 0.15) is 12.1 Å². The van der Waals surface area contributed by atoms with Crippen LogP contribution in [0.2, 0.25) is 0 Å². The van der Waals surface area contributed by atoms with Crippen LogP contribution < -0.4 is 11.1 Å². The van der Waals surface area contributed by atoms with Crippen LogP contribution in [0.1, 0.15) is 18.2 Å². The summed E-state index contributed by atoms with van der Waals surface area (Å²) in [6, 6.07) is 4.38. The topological polar surface area (TPSA) is 63.8 Å². The molecule has 0 radical (unpaired) electrons. The summed E-state index contributed by atoms with van der Waals surface area (Å²) < 4.78 is 0. The van der Waals surface area contributed by atoms with E-state index < -0.39 is 0 Å². The molecule has 2 rings (SSSR count). The van der Waals surface area contributed by atoms with E-state index in [1.807, 2.05) is 6.07 Å². The van der Waals surface area contributed by atoms with Gasteiger partial charge in [-0.05, 0) is 35.7 Å². The van der Waals surface area contributed by atoms with Crippen molar-refractivity contribution in [3.8, 4) is 0 Å². The maximum Gasteiger partial charge on any atom is 0.129 e. The van der Waals surface area contributed by atoms with Crippen LogP contribution in [0, 0.1) is 0 Å². The third-order valence-electron chi connectivity index (χ3n) is 2.45. The predicted molar refractivity (Wildman–Crippen MR) is 71.0 cm³/mol. The van der Waals surface area contributed by atoms with Crippen LogP contribution in [0.25, 0.3) is 0 Å². The lowest BCUT2D eigenvalue weighted by atomic mass is 10.1. The molecular formula is C12H16N4S. The molecule has 2 heterocycles. The van der Waals surface area contributed by atoms with Crippen molar-refractivity contribution in [2.45, 2.75) is 25.9 Å². The van der Waals surface area contributed by atoms with Crippen molar-refractivity contribution in [1.82, 2.24) is 9.97 Å². The van der Waals surface area contributed by atoms with Gasteiger partial charge in [-0.15, -0.1) is 0 Å². The molecule has 0 saturated heterocycles. The summed E-state index contributed by atoms with van der Waals surface area (Å²) in [5.41, 5.74) is 7.74. The Kier molecular flexibility index (Phi) is 4.06. The molecular weight excluding hydrogens is 232 g/mol. The van der Waals surface area contributed by atoms with Gasteiger partial charge in [-0.3, -0.25) is 0 Å². The number of rotatable bonds is 5. The number of anilines is 1. The molecule has 90 valence electrons. The second-order valence-corrected chi connectivity index (χ2v) is 4.76. The smallest absolute Gasteiger partial charge is 0.129 e. The molecule has 0 saturated carbocycles. The molecule has 0 amide bonds. The first-order valence-corrected chi connectivity index (χ1v) is 6.51. The summed E-state index contributed by atoms with van der Waals surface area (Å²) in [5, 5.41) is 7.62. The third-order valence-corrected chi connectivity index (χ3v) is 3.18. The highest BCUT2D eigenvalue weighted by Crippen LogP contribution is 2.12. The Balaban J connectivity index is 1.95. The lowest BCUT2D eigenvalue weighted by Gasteiger charge is -2.13. The minimum Gasteiger partial charge on any atom is -0.367 e. The van der Waals surface area contributed by atoms with Crippen LogP contribution in [-0.4, -0.2) is 16.0 Å². The largest absolute Gasteiger partial charge is 0.367 e. The van der Waals surface area contributed by atoms with Gasteiger partial charge in [-0.25, -0.2) is 9.97 Å². The molecule has 5 heteroatoms. The maximum absolute atomic E-state index is 5.54. The van der Waals surface area contributed by atoms with Gasteiger partial charge in [0.25, 0.3) is 0 Å². The van der Waals surface area contributed by atoms with Crippen molar-refractivity contribution in [3.05, 3.63) is 40.5 Å². The summed E-state index contributed by atoms with van der Waals surface area (Å²) in [6.45, 7) is 2.58. The minimum atomic E-state index is 0.338. The minimum absolute atomic E-state index is 0.338. The van der Waals surface area contributed by atoms with Crippen LogP contribution in [0.4, 0.5) is 5.82 Å². The molecule has 17 heavy (non-hydrogen) atoms. The van der Waals surface area contributed by atoms with E-state index in [0.717, 1.165) is 17.9 Å². The van der Waals surface area contributed by atoms with E-state index in [-0.39, 0.29) is 0 Å². The van der Waals surface area contributed by atoms with E-state index in [1.54, 1.807) is 17.7 Å². The summed E-state index contributed by atoms with van der Waals surface area (Å²) in [7, 11) is 0. The van der Waals surface area contributed by atoms with E-state index >= 15 is 0 Å². The summed E-state index contributed by atoms with van der Waals surface area (Å²) >= 11 is 1.72. The fourth-order valence-electron chi connectivity index (χ4n) is 1.65. The highest BCUT2D eigenvalue weighted by Gasteiger charge is 2.05. The van der Waals surface area contributed by atoms with Crippen LogP contribution in [0.3, 0.4) is 0 Å². The first kappa shape index (κ1) is 12.0. The van der Waals surface area contributed by atoms with Gasteiger partial charge < -0.3 is 11.1 Å². The first-order valence-electron chi connectivity index (χ1n) is 5.56. The number of thiophene rings is 1. The average molecular weight is 248 g/mol. The Morgan fingerprint density at radius 2 is 2.35 bits per heavy atom. The second kappa shape index (κ2) is 5.75. The van der Waals surface area contributed by atoms with Gasteiger partial charge in [0.2, 0.25) is 0 Å². The number of nitrogens with zero attached hydrogens (tertiary/aromatic N) is 2. The quantitative estimate of drug-likeness (QED) is 0.850. The van der Waals surface area contributed by atoms with Crippen molar-refractivity contribution >= 4 is 17.2 Å². The van der Waals surface area contributed by atoms with Crippen LogP contribution in [0.5, 0.6) is 0 Å². The average Bonchev–Trinajstić information content (AvgIpc) is 2.82. The number of nitrogens with one attached hydrogen (secondary N) is 1. The summed E-state index contributed by atoms with van der Waals surface area (Å²) in [6.07, 6.45) is 2.54. The molecule has 0 fully saturated rings. The maximum atomic E-state index is 5.54.